The van der Waals surface area contributed by atoms with Gasteiger partial charge in [-0.05, 0) is 49.9 Å². The summed E-state index contributed by atoms with van der Waals surface area (Å²) in [7, 11) is -1.41. The van der Waals surface area contributed by atoms with Crippen molar-refractivity contribution in [2.75, 3.05) is 32.6 Å². The zero-order valence-corrected chi connectivity index (χ0v) is 27.0. The summed E-state index contributed by atoms with van der Waals surface area (Å²) < 4.78 is 70.5. The van der Waals surface area contributed by atoms with Crippen molar-refractivity contribution in [1.82, 2.24) is 19.8 Å². The van der Waals surface area contributed by atoms with Crippen molar-refractivity contribution in [2.24, 2.45) is 5.92 Å². The number of likely N-dealkylation sites (tertiary alicyclic amines) is 1. The first-order valence-electron chi connectivity index (χ1n) is 14.5. The van der Waals surface area contributed by atoms with Crippen LogP contribution in [0.5, 0.6) is 0 Å². The molecule has 0 spiro atoms. The number of halogens is 3. The van der Waals surface area contributed by atoms with Crippen LogP contribution in [0.15, 0.2) is 40.8 Å². The SMILES string of the molecule is CCC(C)C(C(CC(=O)N1CCCC1/C=C(\C)C(=O)NS(=O)(=O)c1ccc(NC(=O)C(F)(F)F)cc1)OC)N(C)C(=O)CNC=O. The summed E-state index contributed by atoms with van der Waals surface area (Å²) in [5, 5.41) is 3.93. The van der Waals surface area contributed by atoms with E-state index in [-0.39, 0.29) is 42.0 Å². The maximum atomic E-state index is 13.5. The number of benzene rings is 1. The molecule has 0 aliphatic carbocycles. The third-order valence-corrected chi connectivity index (χ3v) is 9.14. The van der Waals surface area contributed by atoms with Gasteiger partial charge in [-0.2, -0.15) is 13.2 Å². The van der Waals surface area contributed by atoms with Crippen LogP contribution >= 0.6 is 0 Å². The molecule has 0 aromatic heterocycles. The number of carbonyl (C=O) groups excluding carboxylic acids is 5. The van der Waals surface area contributed by atoms with Crippen molar-refractivity contribution >= 4 is 45.7 Å². The lowest BCUT2D eigenvalue weighted by molar-refractivity contribution is -0.167. The lowest BCUT2D eigenvalue weighted by Crippen LogP contribution is -2.52. The minimum Gasteiger partial charge on any atom is -0.379 e. The lowest BCUT2D eigenvalue weighted by atomic mass is 9.90. The maximum absolute atomic E-state index is 13.5. The molecule has 3 N–H and O–H groups in total. The van der Waals surface area contributed by atoms with E-state index in [2.05, 4.69) is 5.32 Å². The number of likely N-dealkylation sites (N-methyl/N-ethyl adjacent to an activating group) is 1. The molecular weight excluding hydrogens is 635 g/mol. The Morgan fingerprint density at radius 1 is 1.17 bits per heavy atom. The summed E-state index contributed by atoms with van der Waals surface area (Å²) in [5.41, 5.74) is -0.287. The number of alkyl halides is 3. The zero-order chi connectivity index (χ0) is 34.8. The largest absolute Gasteiger partial charge is 0.471 e. The van der Waals surface area contributed by atoms with Crippen LogP contribution in [-0.4, -0.2) is 99.9 Å². The van der Waals surface area contributed by atoms with Crippen LogP contribution in [0.1, 0.15) is 46.5 Å². The highest BCUT2D eigenvalue weighted by Crippen LogP contribution is 2.26. The van der Waals surface area contributed by atoms with E-state index in [1.807, 2.05) is 18.6 Å². The van der Waals surface area contributed by atoms with Gasteiger partial charge in [0.1, 0.15) is 0 Å². The molecule has 1 aliphatic heterocycles. The summed E-state index contributed by atoms with van der Waals surface area (Å²) in [6.45, 7) is 5.42. The van der Waals surface area contributed by atoms with E-state index in [0.717, 1.165) is 24.3 Å². The molecule has 1 aliphatic rings. The van der Waals surface area contributed by atoms with Crippen LogP contribution in [0.4, 0.5) is 18.9 Å². The van der Waals surface area contributed by atoms with Crippen molar-refractivity contribution in [3.63, 3.8) is 0 Å². The Morgan fingerprint density at radius 3 is 2.35 bits per heavy atom. The second kappa shape index (κ2) is 16.5. The van der Waals surface area contributed by atoms with E-state index >= 15 is 0 Å². The van der Waals surface area contributed by atoms with Gasteiger partial charge in [0.25, 0.3) is 15.9 Å². The van der Waals surface area contributed by atoms with E-state index in [0.29, 0.717) is 32.2 Å². The van der Waals surface area contributed by atoms with Gasteiger partial charge in [0.15, 0.2) is 0 Å². The molecule has 0 bridgehead atoms. The Hall–Kier alpha value is -3.99. The predicted octanol–water partition coefficient (Wildman–Crippen LogP) is 1.95. The quantitative estimate of drug-likeness (QED) is 0.187. The Balaban J connectivity index is 2.14. The summed E-state index contributed by atoms with van der Waals surface area (Å²) in [6, 6.07) is 2.75. The number of amides is 5. The number of hydrogen-bond donors (Lipinski definition) is 3. The van der Waals surface area contributed by atoms with E-state index in [1.54, 1.807) is 17.3 Å². The average molecular weight is 676 g/mol. The number of hydrogen-bond acceptors (Lipinski definition) is 8. The molecular formula is C29H40F3N5O8S. The Labute approximate surface area is 265 Å². The van der Waals surface area contributed by atoms with Crippen molar-refractivity contribution in [2.45, 2.75) is 75.7 Å². The number of nitrogens with zero attached hydrogens (tertiary/aromatic N) is 2. The van der Waals surface area contributed by atoms with E-state index < -0.39 is 51.1 Å². The van der Waals surface area contributed by atoms with Gasteiger partial charge in [0.2, 0.25) is 18.2 Å². The third kappa shape index (κ3) is 10.3. The molecule has 13 nitrogen and oxygen atoms in total. The standard InChI is InChI=1S/C29H40F3N5O8S/c1-6-18(2)26(36(4)25(40)16-33-17-38)23(45-5)15-24(39)37-13-7-8-21(37)14-19(3)27(41)35-46(43,44)22-11-9-20(10-12-22)34-28(42)29(30,31)32/h9-12,14,17-18,21,23,26H,6-8,13,15-16H2,1-5H3,(H,33,38)(H,34,42)(H,35,41)/b19-14+. The number of methoxy groups -OCH3 is 1. The fourth-order valence-corrected chi connectivity index (χ4v) is 6.13. The highest BCUT2D eigenvalue weighted by atomic mass is 32.2. The zero-order valence-electron chi connectivity index (χ0n) is 26.2. The number of carbonyl (C=O) groups is 5. The summed E-state index contributed by atoms with van der Waals surface area (Å²) >= 11 is 0. The number of anilines is 1. The molecule has 4 atom stereocenters. The summed E-state index contributed by atoms with van der Waals surface area (Å²) in [6.07, 6.45) is -2.16. The second-order valence-electron chi connectivity index (χ2n) is 10.9. The van der Waals surface area contributed by atoms with E-state index in [9.17, 15) is 45.6 Å². The van der Waals surface area contributed by atoms with Crippen molar-refractivity contribution in [1.29, 1.82) is 0 Å². The number of ether oxygens (including phenoxy) is 1. The fraction of sp³-hybridized carbons (Fsp3) is 0.552. The normalized spacial score (nSPS) is 17.4. The number of sulfonamides is 1. The molecule has 5 amide bonds. The third-order valence-electron chi connectivity index (χ3n) is 7.79. The Morgan fingerprint density at radius 2 is 1.80 bits per heavy atom. The van der Waals surface area contributed by atoms with Crippen LogP contribution in [0.25, 0.3) is 0 Å². The first-order chi connectivity index (χ1) is 21.5. The molecule has 4 unspecified atom stereocenters. The van der Waals surface area contributed by atoms with Crippen LogP contribution < -0.4 is 15.4 Å². The van der Waals surface area contributed by atoms with Crippen molar-refractivity contribution in [3.05, 3.63) is 35.9 Å². The molecule has 1 saturated heterocycles. The van der Waals surface area contributed by atoms with Gasteiger partial charge in [-0.1, -0.05) is 26.3 Å². The summed E-state index contributed by atoms with van der Waals surface area (Å²) in [5.74, 6) is -3.89. The molecule has 2 rings (SSSR count). The van der Waals surface area contributed by atoms with Crippen LogP contribution in [0.2, 0.25) is 0 Å². The number of nitrogens with one attached hydrogen (secondary N) is 3. The number of rotatable bonds is 15. The van der Waals surface area contributed by atoms with Gasteiger partial charge in [-0.25, -0.2) is 13.1 Å². The molecule has 17 heteroatoms. The first kappa shape index (κ1) is 38.2. The van der Waals surface area contributed by atoms with Crippen molar-refractivity contribution in [3.8, 4) is 0 Å². The lowest BCUT2D eigenvalue weighted by Gasteiger charge is -2.38. The molecule has 1 heterocycles. The first-order valence-corrected chi connectivity index (χ1v) is 15.9. The molecule has 256 valence electrons. The van der Waals surface area contributed by atoms with Gasteiger partial charge in [-0.15, -0.1) is 0 Å². The average Bonchev–Trinajstić information content (AvgIpc) is 3.46. The monoisotopic (exact) mass is 675 g/mol. The van der Waals surface area contributed by atoms with Crippen LogP contribution in [0, 0.1) is 5.92 Å². The van der Waals surface area contributed by atoms with Gasteiger partial charge >= 0.3 is 12.1 Å². The smallest absolute Gasteiger partial charge is 0.379 e. The van der Waals surface area contributed by atoms with E-state index in [1.165, 1.54) is 25.0 Å². The van der Waals surface area contributed by atoms with Gasteiger partial charge in [0, 0.05) is 32.0 Å². The highest BCUT2D eigenvalue weighted by Gasteiger charge is 2.39. The second-order valence-corrected chi connectivity index (χ2v) is 12.6. The minimum absolute atomic E-state index is 0.0103. The van der Waals surface area contributed by atoms with Gasteiger partial charge in [0.05, 0.1) is 36.0 Å². The molecule has 0 saturated carbocycles. The van der Waals surface area contributed by atoms with Gasteiger partial charge in [-0.3, -0.25) is 24.0 Å². The summed E-state index contributed by atoms with van der Waals surface area (Å²) in [4.78, 5) is 63.3. The fourth-order valence-electron chi connectivity index (χ4n) is 5.11. The van der Waals surface area contributed by atoms with E-state index in [4.69, 9.17) is 4.74 Å². The molecule has 1 fully saturated rings. The highest BCUT2D eigenvalue weighted by molar-refractivity contribution is 7.90. The molecule has 1 aromatic rings. The molecule has 46 heavy (non-hydrogen) atoms. The van der Waals surface area contributed by atoms with Crippen LogP contribution in [-0.2, 0) is 38.7 Å². The maximum Gasteiger partial charge on any atom is 0.471 e. The van der Waals surface area contributed by atoms with Gasteiger partial charge < -0.3 is 25.2 Å². The topological polar surface area (TPSA) is 171 Å². The van der Waals surface area contributed by atoms with Crippen LogP contribution in [0.3, 0.4) is 0 Å². The Kier molecular flexibility index (Phi) is 13.7. The Bertz CT molecular complexity index is 1400. The predicted molar refractivity (Wildman–Crippen MR) is 160 cm³/mol. The molecule has 0 radical (unpaired) electrons. The molecule has 1 aromatic carbocycles. The minimum atomic E-state index is -5.13. The van der Waals surface area contributed by atoms with Crippen molar-refractivity contribution < 1.29 is 50.3 Å².